The van der Waals surface area contributed by atoms with Crippen molar-refractivity contribution in [3.63, 3.8) is 0 Å². The average Bonchev–Trinajstić information content (AvgIpc) is 2.34. The maximum atomic E-state index is 11.7. The average molecular weight is 305 g/mol. The number of phenolic OH excluding ortho intramolecular Hbond substituents is 1. The summed E-state index contributed by atoms with van der Waals surface area (Å²) in [6.07, 6.45) is 0.454. The van der Waals surface area contributed by atoms with Crippen LogP contribution in [0.5, 0.6) is 5.75 Å². The topological polar surface area (TPSA) is 80.4 Å². The molecule has 0 saturated heterocycles. The number of sulfonamides is 1. The SMILES string of the molecule is Cc1ccc(S(N)(=O)=O)c(Cc2cc(C)c(O)c(C)c2)c1. The predicted octanol–water partition coefficient (Wildman–Crippen LogP) is 2.56. The van der Waals surface area contributed by atoms with E-state index in [4.69, 9.17) is 5.14 Å². The number of hydrogen-bond acceptors (Lipinski definition) is 3. The molecule has 0 radical (unpaired) electrons. The van der Waals surface area contributed by atoms with Gasteiger partial charge in [0.1, 0.15) is 5.75 Å². The zero-order chi connectivity index (χ0) is 15.8. The number of aromatic hydroxyl groups is 1. The Bertz CT molecular complexity index is 772. The Morgan fingerprint density at radius 3 is 2.14 bits per heavy atom. The van der Waals surface area contributed by atoms with E-state index in [1.165, 1.54) is 0 Å². The molecule has 0 heterocycles. The number of aryl methyl sites for hydroxylation is 3. The number of primary sulfonamides is 1. The van der Waals surface area contributed by atoms with Crippen molar-refractivity contribution in [2.75, 3.05) is 0 Å². The molecule has 21 heavy (non-hydrogen) atoms. The summed E-state index contributed by atoms with van der Waals surface area (Å²) in [5.74, 6) is 0.273. The number of rotatable bonds is 3. The van der Waals surface area contributed by atoms with Gasteiger partial charge in [-0.3, -0.25) is 0 Å². The van der Waals surface area contributed by atoms with Gasteiger partial charge in [-0.25, -0.2) is 13.6 Å². The molecule has 112 valence electrons. The second-order valence-corrected chi connectivity index (χ2v) is 6.94. The Morgan fingerprint density at radius 1 is 1.05 bits per heavy atom. The van der Waals surface area contributed by atoms with Crippen molar-refractivity contribution in [1.82, 2.24) is 0 Å². The van der Waals surface area contributed by atoms with E-state index < -0.39 is 10.0 Å². The smallest absolute Gasteiger partial charge is 0.238 e. The molecule has 0 atom stereocenters. The summed E-state index contributed by atoms with van der Waals surface area (Å²) in [5.41, 5.74) is 4.13. The van der Waals surface area contributed by atoms with Crippen LogP contribution in [-0.4, -0.2) is 13.5 Å². The van der Waals surface area contributed by atoms with Crippen LogP contribution in [-0.2, 0) is 16.4 Å². The summed E-state index contributed by atoms with van der Waals surface area (Å²) < 4.78 is 23.4. The molecule has 0 fully saturated rings. The van der Waals surface area contributed by atoms with Crippen LogP contribution in [0.3, 0.4) is 0 Å². The molecule has 0 spiro atoms. The van der Waals surface area contributed by atoms with Crippen molar-refractivity contribution in [2.45, 2.75) is 32.1 Å². The minimum Gasteiger partial charge on any atom is -0.507 e. The van der Waals surface area contributed by atoms with Gasteiger partial charge >= 0.3 is 0 Å². The summed E-state index contributed by atoms with van der Waals surface area (Å²) in [6, 6.07) is 8.82. The normalized spacial score (nSPS) is 11.6. The summed E-state index contributed by atoms with van der Waals surface area (Å²) in [7, 11) is -3.75. The van der Waals surface area contributed by atoms with Crippen LogP contribution >= 0.6 is 0 Å². The van der Waals surface area contributed by atoms with Crippen LogP contribution in [0.25, 0.3) is 0 Å². The Kier molecular flexibility index (Phi) is 4.07. The van der Waals surface area contributed by atoms with Crippen molar-refractivity contribution in [2.24, 2.45) is 5.14 Å². The molecule has 2 aromatic rings. The quantitative estimate of drug-likeness (QED) is 0.914. The van der Waals surface area contributed by atoms with Gasteiger partial charge < -0.3 is 5.11 Å². The lowest BCUT2D eigenvalue weighted by molar-refractivity contribution is 0.466. The Labute approximate surface area is 125 Å². The van der Waals surface area contributed by atoms with E-state index in [2.05, 4.69) is 0 Å². The highest BCUT2D eigenvalue weighted by atomic mass is 32.2. The predicted molar refractivity (Wildman–Crippen MR) is 82.9 cm³/mol. The van der Waals surface area contributed by atoms with Gasteiger partial charge in [0.15, 0.2) is 0 Å². The van der Waals surface area contributed by atoms with Crippen molar-refractivity contribution in [1.29, 1.82) is 0 Å². The van der Waals surface area contributed by atoms with Crippen molar-refractivity contribution >= 4 is 10.0 Å². The molecule has 4 nitrogen and oxygen atoms in total. The maximum absolute atomic E-state index is 11.7. The van der Waals surface area contributed by atoms with Crippen molar-refractivity contribution < 1.29 is 13.5 Å². The number of nitrogens with two attached hydrogens (primary N) is 1. The minimum absolute atomic E-state index is 0.150. The molecule has 3 N–H and O–H groups in total. The molecule has 0 saturated carbocycles. The third-order valence-corrected chi connectivity index (χ3v) is 4.48. The fourth-order valence-corrected chi connectivity index (χ4v) is 3.25. The van der Waals surface area contributed by atoms with Gasteiger partial charge in [0.25, 0.3) is 0 Å². The lowest BCUT2D eigenvalue weighted by Gasteiger charge is -2.11. The highest BCUT2D eigenvalue weighted by Crippen LogP contribution is 2.26. The fraction of sp³-hybridized carbons (Fsp3) is 0.250. The van der Waals surface area contributed by atoms with Gasteiger partial charge in [-0.2, -0.15) is 0 Å². The molecule has 0 unspecified atom stereocenters. The number of hydrogen-bond donors (Lipinski definition) is 2. The van der Waals surface area contributed by atoms with Crippen LogP contribution in [0.1, 0.15) is 27.8 Å². The molecule has 0 aromatic heterocycles. The Hall–Kier alpha value is -1.85. The van der Waals surface area contributed by atoms with Crippen LogP contribution in [0.2, 0.25) is 0 Å². The van der Waals surface area contributed by atoms with Crippen LogP contribution in [0.4, 0.5) is 0 Å². The molecule has 5 heteroatoms. The molecule has 0 aliphatic carbocycles. The van der Waals surface area contributed by atoms with E-state index in [-0.39, 0.29) is 10.6 Å². The summed E-state index contributed by atoms with van der Waals surface area (Å²) in [5, 5.41) is 15.1. The third kappa shape index (κ3) is 3.43. The zero-order valence-corrected chi connectivity index (χ0v) is 13.2. The first-order valence-corrected chi connectivity index (χ1v) is 8.14. The summed E-state index contributed by atoms with van der Waals surface area (Å²) >= 11 is 0. The minimum atomic E-state index is -3.75. The number of phenols is 1. The van der Waals surface area contributed by atoms with E-state index in [1.54, 1.807) is 12.1 Å². The largest absolute Gasteiger partial charge is 0.507 e. The number of benzene rings is 2. The molecule has 0 amide bonds. The van der Waals surface area contributed by atoms with Crippen molar-refractivity contribution in [3.8, 4) is 5.75 Å². The maximum Gasteiger partial charge on any atom is 0.238 e. The molecule has 0 aliphatic heterocycles. The van der Waals surface area contributed by atoms with E-state index in [0.717, 1.165) is 22.3 Å². The summed E-state index contributed by atoms with van der Waals surface area (Å²) in [4.78, 5) is 0.150. The molecular formula is C16H19NO3S. The molecule has 0 aliphatic rings. The molecule has 0 bridgehead atoms. The van der Waals surface area contributed by atoms with Crippen LogP contribution in [0, 0.1) is 20.8 Å². The van der Waals surface area contributed by atoms with Gasteiger partial charge in [0.2, 0.25) is 10.0 Å². The highest BCUT2D eigenvalue weighted by Gasteiger charge is 2.15. The van der Waals surface area contributed by atoms with Gasteiger partial charge in [-0.15, -0.1) is 0 Å². The van der Waals surface area contributed by atoms with Gasteiger partial charge in [0.05, 0.1) is 4.90 Å². The Morgan fingerprint density at radius 2 is 1.62 bits per heavy atom. The zero-order valence-electron chi connectivity index (χ0n) is 12.3. The molecule has 2 aromatic carbocycles. The van der Waals surface area contributed by atoms with Gasteiger partial charge in [-0.1, -0.05) is 29.8 Å². The first-order chi connectivity index (χ1) is 9.68. The Balaban J connectivity index is 2.51. The van der Waals surface area contributed by atoms with Gasteiger partial charge in [0, 0.05) is 0 Å². The van der Waals surface area contributed by atoms with E-state index in [1.807, 2.05) is 39.0 Å². The highest BCUT2D eigenvalue weighted by molar-refractivity contribution is 7.89. The molecule has 2 rings (SSSR count). The fourth-order valence-electron chi connectivity index (χ4n) is 2.49. The third-order valence-electron chi connectivity index (χ3n) is 3.47. The lowest BCUT2D eigenvalue weighted by Crippen LogP contribution is -2.15. The van der Waals surface area contributed by atoms with E-state index in [0.29, 0.717) is 12.0 Å². The van der Waals surface area contributed by atoms with E-state index in [9.17, 15) is 13.5 Å². The summed E-state index contributed by atoms with van der Waals surface area (Å²) in [6.45, 7) is 5.55. The van der Waals surface area contributed by atoms with Gasteiger partial charge in [-0.05, 0) is 55.5 Å². The molecular weight excluding hydrogens is 286 g/mol. The van der Waals surface area contributed by atoms with Crippen molar-refractivity contribution in [3.05, 3.63) is 58.1 Å². The second-order valence-electron chi connectivity index (χ2n) is 5.41. The van der Waals surface area contributed by atoms with Crippen LogP contribution in [0.15, 0.2) is 35.2 Å². The first kappa shape index (κ1) is 15.5. The second kappa shape index (κ2) is 5.50. The first-order valence-electron chi connectivity index (χ1n) is 6.60. The van der Waals surface area contributed by atoms with E-state index >= 15 is 0 Å². The lowest BCUT2D eigenvalue weighted by atomic mass is 9.99. The monoisotopic (exact) mass is 305 g/mol. The standard InChI is InChI=1S/C16H19NO3S/c1-10-4-5-15(21(17,19)20)14(6-10)9-13-7-11(2)16(18)12(3)8-13/h4-8,18H,9H2,1-3H3,(H2,17,19,20). The van der Waals surface area contributed by atoms with Crippen LogP contribution < -0.4 is 5.14 Å².